The summed E-state index contributed by atoms with van der Waals surface area (Å²) in [6, 6.07) is 6.26. The van der Waals surface area contributed by atoms with Crippen LogP contribution in [-0.4, -0.2) is 46.2 Å². The first-order valence-electron chi connectivity index (χ1n) is 8.33. The Bertz CT molecular complexity index is 948. The predicted octanol–water partition coefficient (Wildman–Crippen LogP) is 1.75. The molecular formula is C19H19FN6. The number of benzene rings is 1. The third-order valence-electron chi connectivity index (χ3n) is 4.20. The van der Waals surface area contributed by atoms with Gasteiger partial charge in [0.25, 0.3) is 0 Å². The molecule has 0 bridgehead atoms. The zero-order chi connectivity index (χ0) is 18.1. The van der Waals surface area contributed by atoms with Gasteiger partial charge in [-0.1, -0.05) is 17.9 Å². The third-order valence-corrected chi connectivity index (χ3v) is 4.20. The Balaban J connectivity index is 1.46. The lowest BCUT2D eigenvalue weighted by Gasteiger charge is -2.30. The molecule has 1 N–H and O–H groups in total. The normalized spacial score (nSPS) is 18.5. The molecule has 1 unspecified atom stereocenters. The summed E-state index contributed by atoms with van der Waals surface area (Å²) in [5.41, 5.74) is 2.66. The minimum atomic E-state index is -0.282. The van der Waals surface area contributed by atoms with Crippen LogP contribution in [0.3, 0.4) is 0 Å². The number of hydrogen-bond donors (Lipinski definition) is 1. The van der Waals surface area contributed by atoms with Crippen molar-refractivity contribution in [3.8, 4) is 11.8 Å². The SMILES string of the molecule is CN1C=C2NC(c3cnn(CC#Cc4cccc(F)c4)c3)N=C2N(C)C1. The summed E-state index contributed by atoms with van der Waals surface area (Å²) >= 11 is 0. The molecule has 0 fully saturated rings. The molecule has 2 aromatic rings. The van der Waals surface area contributed by atoms with Crippen LogP contribution >= 0.6 is 0 Å². The minimum Gasteiger partial charge on any atom is -0.361 e. The lowest BCUT2D eigenvalue weighted by molar-refractivity contribution is 0.303. The van der Waals surface area contributed by atoms with E-state index in [-0.39, 0.29) is 12.0 Å². The smallest absolute Gasteiger partial charge is 0.152 e. The van der Waals surface area contributed by atoms with Crippen LogP contribution < -0.4 is 5.32 Å². The molecule has 0 aliphatic carbocycles. The van der Waals surface area contributed by atoms with E-state index in [2.05, 4.69) is 38.3 Å². The van der Waals surface area contributed by atoms with Gasteiger partial charge in [0, 0.05) is 37.6 Å². The molecule has 0 radical (unpaired) electrons. The van der Waals surface area contributed by atoms with Gasteiger partial charge in [-0.25, -0.2) is 9.38 Å². The Kier molecular flexibility index (Phi) is 4.09. The minimum absolute atomic E-state index is 0.143. The zero-order valence-electron chi connectivity index (χ0n) is 14.6. The summed E-state index contributed by atoms with van der Waals surface area (Å²) in [5.74, 6) is 6.64. The van der Waals surface area contributed by atoms with Crippen molar-refractivity contribution in [2.75, 3.05) is 20.8 Å². The van der Waals surface area contributed by atoms with Crippen molar-refractivity contribution in [2.24, 2.45) is 4.99 Å². The highest BCUT2D eigenvalue weighted by Gasteiger charge is 2.29. The first-order chi connectivity index (χ1) is 12.6. The van der Waals surface area contributed by atoms with E-state index in [1.807, 2.05) is 20.3 Å². The molecule has 0 saturated carbocycles. The number of nitrogens with zero attached hydrogens (tertiary/aromatic N) is 5. The fraction of sp³-hybridized carbons (Fsp3) is 0.263. The number of fused-ring (bicyclic) bond motifs is 1. The zero-order valence-corrected chi connectivity index (χ0v) is 14.6. The number of aromatic nitrogens is 2. The first-order valence-corrected chi connectivity index (χ1v) is 8.33. The van der Waals surface area contributed by atoms with Gasteiger partial charge < -0.3 is 15.1 Å². The van der Waals surface area contributed by atoms with Crippen molar-refractivity contribution in [3.05, 3.63) is 65.5 Å². The second kappa shape index (κ2) is 6.56. The maximum Gasteiger partial charge on any atom is 0.152 e. The van der Waals surface area contributed by atoms with E-state index < -0.39 is 0 Å². The topological polar surface area (TPSA) is 48.7 Å². The van der Waals surface area contributed by atoms with E-state index in [4.69, 9.17) is 4.99 Å². The number of likely N-dealkylation sites (N-methyl/N-ethyl adjacent to an activating group) is 1. The second-order valence-corrected chi connectivity index (χ2v) is 6.42. The van der Waals surface area contributed by atoms with E-state index in [1.54, 1.807) is 23.0 Å². The maximum absolute atomic E-state index is 13.2. The number of rotatable bonds is 2. The molecule has 2 aliphatic rings. The molecule has 1 aromatic heterocycles. The average molecular weight is 350 g/mol. The number of nitrogens with one attached hydrogen (secondary N) is 1. The molecular weight excluding hydrogens is 331 g/mol. The Morgan fingerprint density at radius 2 is 2.23 bits per heavy atom. The van der Waals surface area contributed by atoms with Gasteiger partial charge in [0.1, 0.15) is 18.5 Å². The molecule has 1 atom stereocenters. The molecule has 132 valence electrons. The van der Waals surface area contributed by atoms with Crippen molar-refractivity contribution in [1.82, 2.24) is 24.9 Å². The van der Waals surface area contributed by atoms with Gasteiger partial charge in [-0.2, -0.15) is 5.10 Å². The molecule has 0 spiro atoms. The van der Waals surface area contributed by atoms with E-state index >= 15 is 0 Å². The summed E-state index contributed by atoms with van der Waals surface area (Å²) < 4.78 is 14.9. The third kappa shape index (κ3) is 3.26. The van der Waals surface area contributed by atoms with Crippen LogP contribution in [0.15, 0.2) is 53.5 Å². The number of amidine groups is 1. The lowest BCUT2D eigenvalue weighted by Crippen LogP contribution is -2.41. The van der Waals surface area contributed by atoms with Crippen molar-refractivity contribution < 1.29 is 4.39 Å². The molecule has 7 heteroatoms. The lowest BCUT2D eigenvalue weighted by atomic mass is 10.2. The van der Waals surface area contributed by atoms with Crippen molar-refractivity contribution in [2.45, 2.75) is 12.7 Å². The Labute approximate surface area is 151 Å². The number of hydrogen-bond acceptors (Lipinski definition) is 5. The van der Waals surface area contributed by atoms with Crippen LogP contribution in [0.2, 0.25) is 0 Å². The predicted molar refractivity (Wildman–Crippen MR) is 97.3 cm³/mol. The van der Waals surface area contributed by atoms with Gasteiger partial charge in [0.2, 0.25) is 0 Å². The van der Waals surface area contributed by atoms with Gasteiger partial charge in [0.05, 0.1) is 18.6 Å². The van der Waals surface area contributed by atoms with E-state index in [0.29, 0.717) is 12.1 Å². The largest absolute Gasteiger partial charge is 0.361 e. The standard InChI is InChI=1S/C19H19FN6/c1-24-12-17-19(25(2)13-24)23-18(22-17)15-10-21-26(11-15)8-4-6-14-5-3-7-16(20)9-14/h3,5,7,9-12,18,22H,8,13H2,1-2H3. The molecule has 0 amide bonds. The molecule has 26 heavy (non-hydrogen) atoms. The molecule has 2 aliphatic heterocycles. The van der Waals surface area contributed by atoms with Gasteiger partial charge in [-0.3, -0.25) is 4.68 Å². The highest BCUT2D eigenvalue weighted by molar-refractivity contribution is 5.99. The summed E-state index contributed by atoms with van der Waals surface area (Å²) in [5, 5.41) is 7.76. The Morgan fingerprint density at radius 3 is 3.08 bits per heavy atom. The second-order valence-electron chi connectivity index (χ2n) is 6.42. The number of aliphatic imine (C=N–C) groups is 1. The molecule has 3 heterocycles. The Hall–Kier alpha value is -3.27. The first kappa shape index (κ1) is 16.2. The maximum atomic E-state index is 13.2. The van der Waals surface area contributed by atoms with Gasteiger partial charge >= 0.3 is 0 Å². The molecule has 1 aromatic carbocycles. The van der Waals surface area contributed by atoms with Crippen LogP contribution in [0.25, 0.3) is 0 Å². The average Bonchev–Trinajstić information content (AvgIpc) is 3.21. The van der Waals surface area contributed by atoms with Gasteiger partial charge in [-0.05, 0) is 18.2 Å². The van der Waals surface area contributed by atoms with Crippen LogP contribution in [0.5, 0.6) is 0 Å². The quantitative estimate of drug-likeness (QED) is 0.839. The fourth-order valence-corrected chi connectivity index (χ4v) is 3.05. The highest BCUT2D eigenvalue weighted by atomic mass is 19.1. The van der Waals surface area contributed by atoms with Gasteiger partial charge in [0.15, 0.2) is 5.84 Å². The monoisotopic (exact) mass is 350 g/mol. The van der Waals surface area contributed by atoms with Crippen LogP contribution in [0.1, 0.15) is 17.3 Å². The van der Waals surface area contributed by atoms with E-state index in [0.717, 1.165) is 23.8 Å². The summed E-state index contributed by atoms with van der Waals surface area (Å²) in [4.78, 5) is 8.97. The van der Waals surface area contributed by atoms with E-state index in [9.17, 15) is 4.39 Å². The van der Waals surface area contributed by atoms with E-state index in [1.165, 1.54) is 12.1 Å². The summed E-state index contributed by atoms with van der Waals surface area (Å²) in [6.07, 6.45) is 5.65. The fourth-order valence-electron chi connectivity index (χ4n) is 3.05. The van der Waals surface area contributed by atoms with Crippen molar-refractivity contribution in [3.63, 3.8) is 0 Å². The van der Waals surface area contributed by atoms with Crippen LogP contribution in [-0.2, 0) is 6.54 Å². The van der Waals surface area contributed by atoms with Gasteiger partial charge in [-0.15, -0.1) is 0 Å². The number of halogens is 1. The summed E-state index contributed by atoms with van der Waals surface area (Å²) in [7, 11) is 4.06. The molecule has 6 nitrogen and oxygen atoms in total. The van der Waals surface area contributed by atoms with Crippen LogP contribution in [0, 0.1) is 17.7 Å². The van der Waals surface area contributed by atoms with Crippen molar-refractivity contribution in [1.29, 1.82) is 0 Å². The Morgan fingerprint density at radius 1 is 1.35 bits per heavy atom. The highest BCUT2D eigenvalue weighted by Crippen LogP contribution is 2.25. The van der Waals surface area contributed by atoms with Crippen LogP contribution in [0.4, 0.5) is 4.39 Å². The molecule has 4 rings (SSSR count). The molecule has 0 saturated heterocycles. The summed E-state index contributed by atoms with van der Waals surface area (Å²) in [6.45, 7) is 1.25. The van der Waals surface area contributed by atoms with Crippen molar-refractivity contribution >= 4 is 5.84 Å².